The summed E-state index contributed by atoms with van der Waals surface area (Å²) in [6.07, 6.45) is 2.87. The number of hydrogen-bond acceptors (Lipinski definition) is 4. The molecule has 1 saturated heterocycles. The van der Waals surface area contributed by atoms with E-state index in [0.717, 1.165) is 12.2 Å². The van der Waals surface area contributed by atoms with Crippen LogP contribution in [0.25, 0.3) is 0 Å². The fourth-order valence-electron chi connectivity index (χ4n) is 1.09. The lowest BCUT2D eigenvalue weighted by molar-refractivity contribution is -0.144. The summed E-state index contributed by atoms with van der Waals surface area (Å²) in [5.41, 5.74) is 0. The highest BCUT2D eigenvalue weighted by Gasteiger charge is 2.30. The first-order chi connectivity index (χ1) is 6.25. The molecule has 13 heavy (non-hydrogen) atoms. The summed E-state index contributed by atoms with van der Waals surface area (Å²) in [6.45, 7) is 3.61. The molecule has 0 aromatic carbocycles. The van der Waals surface area contributed by atoms with Crippen LogP contribution in [0.5, 0.6) is 0 Å². The third kappa shape index (κ3) is 2.88. The van der Waals surface area contributed by atoms with E-state index in [4.69, 9.17) is 4.74 Å². The van der Waals surface area contributed by atoms with Gasteiger partial charge in [-0.25, -0.2) is 0 Å². The molecule has 0 radical (unpaired) electrons. The van der Waals surface area contributed by atoms with E-state index in [1.165, 1.54) is 17.8 Å². The molecule has 1 unspecified atom stereocenters. The first-order valence-corrected chi connectivity index (χ1v) is 5.22. The highest BCUT2D eigenvalue weighted by molar-refractivity contribution is 8.01. The van der Waals surface area contributed by atoms with Crippen molar-refractivity contribution in [2.45, 2.75) is 18.1 Å². The standard InChI is InChI=1S/C9H12O3S/c1-2-5-12-9(11)8-7(10)4-3-6-13-8/h2,8H,1,3-6H2. The first kappa shape index (κ1) is 10.3. The van der Waals surface area contributed by atoms with E-state index in [9.17, 15) is 9.59 Å². The monoisotopic (exact) mass is 200 g/mol. The predicted molar refractivity (Wildman–Crippen MR) is 51.6 cm³/mol. The highest BCUT2D eigenvalue weighted by Crippen LogP contribution is 2.23. The molecule has 0 aromatic rings. The Balaban J connectivity index is 2.43. The van der Waals surface area contributed by atoms with Crippen LogP contribution >= 0.6 is 11.8 Å². The molecule has 0 bridgehead atoms. The number of ether oxygens (including phenoxy) is 1. The second-order valence-electron chi connectivity index (χ2n) is 2.74. The molecular weight excluding hydrogens is 188 g/mol. The molecule has 0 N–H and O–H groups in total. The first-order valence-electron chi connectivity index (χ1n) is 4.17. The van der Waals surface area contributed by atoms with Gasteiger partial charge in [-0.1, -0.05) is 12.7 Å². The number of carbonyl (C=O) groups excluding carboxylic acids is 2. The number of hydrogen-bond donors (Lipinski definition) is 0. The van der Waals surface area contributed by atoms with Crippen molar-refractivity contribution in [3.05, 3.63) is 12.7 Å². The van der Waals surface area contributed by atoms with Crippen LogP contribution in [0.2, 0.25) is 0 Å². The summed E-state index contributed by atoms with van der Waals surface area (Å²) >= 11 is 1.37. The number of carbonyl (C=O) groups is 2. The number of thioether (sulfide) groups is 1. The van der Waals surface area contributed by atoms with E-state index in [-0.39, 0.29) is 12.4 Å². The molecule has 72 valence electrons. The third-order valence-corrected chi connectivity index (χ3v) is 3.02. The van der Waals surface area contributed by atoms with Gasteiger partial charge < -0.3 is 4.74 Å². The van der Waals surface area contributed by atoms with Crippen LogP contribution in [-0.4, -0.2) is 29.4 Å². The topological polar surface area (TPSA) is 43.4 Å². The second-order valence-corrected chi connectivity index (χ2v) is 3.95. The van der Waals surface area contributed by atoms with Crippen LogP contribution in [0.3, 0.4) is 0 Å². The van der Waals surface area contributed by atoms with Crippen molar-refractivity contribution >= 4 is 23.5 Å². The van der Waals surface area contributed by atoms with E-state index >= 15 is 0 Å². The molecule has 1 heterocycles. The molecule has 1 aliphatic heterocycles. The average Bonchev–Trinajstić information content (AvgIpc) is 2.15. The van der Waals surface area contributed by atoms with E-state index in [1.54, 1.807) is 0 Å². The van der Waals surface area contributed by atoms with Crippen molar-refractivity contribution in [1.82, 2.24) is 0 Å². The minimum Gasteiger partial charge on any atom is -0.460 e. The normalized spacial score (nSPS) is 22.5. The summed E-state index contributed by atoms with van der Waals surface area (Å²) in [5.74, 6) is 0.430. The summed E-state index contributed by atoms with van der Waals surface area (Å²) in [7, 11) is 0. The van der Waals surface area contributed by atoms with Gasteiger partial charge in [0.25, 0.3) is 0 Å². The lowest BCUT2D eigenvalue weighted by atomic mass is 10.1. The van der Waals surface area contributed by atoms with Crippen molar-refractivity contribution in [3.8, 4) is 0 Å². The molecule has 1 aliphatic rings. The summed E-state index contributed by atoms with van der Waals surface area (Å²) in [5, 5.41) is -0.589. The Bertz CT molecular complexity index is 225. The minimum absolute atomic E-state index is 0.00897. The van der Waals surface area contributed by atoms with E-state index in [0.29, 0.717) is 6.42 Å². The maximum Gasteiger partial charge on any atom is 0.327 e. The fraction of sp³-hybridized carbons (Fsp3) is 0.556. The predicted octanol–water partition coefficient (Wildman–Crippen LogP) is 1.18. The Morgan fingerprint density at radius 1 is 1.77 bits per heavy atom. The van der Waals surface area contributed by atoms with Crippen molar-refractivity contribution in [2.24, 2.45) is 0 Å². The molecule has 1 fully saturated rings. The molecule has 1 atom stereocenters. The number of rotatable bonds is 3. The van der Waals surface area contributed by atoms with Gasteiger partial charge in [-0.15, -0.1) is 11.8 Å². The Kier molecular flexibility index (Phi) is 4.02. The quantitative estimate of drug-likeness (QED) is 0.390. The Morgan fingerprint density at radius 3 is 3.15 bits per heavy atom. The maximum atomic E-state index is 11.3. The molecule has 3 nitrogen and oxygen atoms in total. The average molecular weight is 200 g/mol. The second kappa shape index (κ2) is 5.07. The van der Waals surface area contributed by atoms with Gasteiger partial charge in [0.2, 0.25) is 0 Å². The van der Waals surface area contributed by atoms with Gasteiger partial charge in [-0.2, -0.15) is 0 Å². The van der Waals surface area contributed by atoms with Crippen LogP contribution < -0.4 is 0 Å². The summed E-state index contributed by atoms with van der Waals surface area (Å²) < 4.78 is 4.80. The molecule has 1 rings (SSSR count). The van der Waals surface area contributed by atoms with Gasteiger partial charge in [0.1, 0.15) is 6.61 Å². The van der Waals surface area contributed by atoms with Crippen molar-refractivity contribution in [3.63, 3.8) is 0 Å². The molecule has 0 amide bonds. The van der Waals surface area contributed by atoms with E-state index < -0.39 is 11.2 Å². The largest absolute Gasteiger partial charge is 0.460 e. The van der Waals surface area contributed by atoms with Crippen LogP contribution in [0.15, 0.2) is 12.7 Å². The fourth-order valence-corrected chi connectivity index (χ4v) is 2.14. The lowest BCUT2D eigenvalue weighted by Crippen LogP contribution is -2.32. The maximum absolute atomic E-state index is 11.3. The smallest absolute Gasteiger partial charge is 0.327 e. The zero-order valence-corrected chi connectivity index (χ0v) is 8.14. The number of Topliss-reactive ketones (excluding diaryl/α,β-unsaturated/α-hetero) is 1. The van der Waals surface area contributed by atoms with Crippen molar-refractivity contribution in [2.75, 3.05) is 12.4 Å². The van der Waals surface area contributed by atoms with Crippen LogP contribution in [-0.2, 0) is 14.3 Å². The van der Waals surface area contributed by atoms with Crippen LogP contribution in [0.4, 0.5) is 0 Å². The van der Waals surface area contributed by atoms with Gasteiger partial charge in [0, 0.05) is 6.42 Å². The Labute approximate surface area is 81.5 Å². The summed E-state index contributed by atoms with van der Waals surface area (Å²) in [4.78, 5) is 22.5. The Morgan fingerprint density at radius 2 is 2.54 bits per heavy atom. The van der Waals surface area contributed by atoms with Gasteiger partial charge in [0.05, 0.1) is 0 Å². The number of esters is 1. The zero-order chi connectivity index (χ0) is 9.68. The van der Waals surface area contributed by atoms with Crippen LogP contribution in [0.1, 0.15) is 12.8 Å². The zero-order valence-electron chi connectivity index (χ0n) is 7.32. The van der Waals surface area contributed by atoms with E-state index in [1.807, 2.05) is 0 Å². The molecule has 0 aliphatic carbocycles. The highest BCUT2D eigenvalue weighted by atomic mass is 32.2. The third-order valence-electron chi connectivity index (χ3n) is 1.70. The lowest BCUT2D eigenvalue weighted by Gasteiger charge is -2.17. The van der Waals surface area contributed by atoms with E-state index in [2.05, 4.69) is 6.58 Å². The van der Waals surface area contributed by atoms with Crippen molar-refractivity contribution in [1.29, 1.82) is 0 Å². The molecule has 0 saturated carbocycles. The van der Waals surface area contributed by atoms with Crippen LogP contribution in [0, 0.1) is 0 Å². The van der Waals surface area contributed by atoms with Crippen molar-refractivity contribution < 1.29 is 14.3 Å². The number of ketones is 1. The van der Waals surface area contributed by atoms with Gasteiger partial charge in [0.15, 0.2) is 11.0 Å². The van der Waals surface area contributed by atoms with Gasteiger partial charge in [-0.3, -0.25) is 9.59 Å². The summed E-state index contributed by atoms with van der Waals surface area (Å²) in [6, 6.07) is 0. The molecule has 0 spiro atoms. The van der Waals surface area contributed by atoms with Gasteiger partial charge in [-0.05, 0) is 12.2 Å². The Hall–Kier alpha value is -0.770. The SMILES string of the molecule is C=CCOC(=O)C1SCCCC1=O. The molecule has 0 aromatic heterocycles. The van der Waals surface area contributed by atoms with Gasteiger partial charge >= 0.3 is 5.97 Å². The molecular formula is C9H12O3S. The minimum atomic E-state index is -0.589. The molecule has 4 heteroatoms.